The maximum Gasteiger partial charge on any atom is 0.186 e. The van der Waals surface area contributed by atoms with Crippen LogP contribution in [0, 0.1) is 13.8 Å². The summed E-state index contributed by atoms with van der Waals surface area (Å²) in [5.74, 6) is 0. The standard InChI is InChI=1S/C20H18Cl2N4S2/c1-11-9-12(2)17-15(10-11)23-19(27-17)25-5-7-26(8-6-25)20-24-16-13(21)3-4-14(22)18(16)28-20/h3-4,9-10H,5-8H2,1-2H3. The number of nitrogens with zero attached hydrogens (tertiary/aromatic N) is 4. The van der Waals surface area contributed by atoms with E-state index in [0.717, 1.165) is 52.2 Å². The molecule has 1 fully saturated rings. The SMILES string of the molecule is Cc1cc(C)c2sc(N3CCN(c4nc5c(Cl)ccc(Cl)c5s4)CC3)nc2c1. The second-order valence-electron chi connectivity index (χ2n) is 7.10. The topological polar surface area (TPSA) is 32.3 Å². The zero-order chi connectivity index (χ0) is 19.4. The van der Waals surface area contributed by atoms with Gasteiger partial charge in [-0.05, 0) is 43.2 Å². The first-order valence-corrected chi connectivity index (χ1v) is 11.5. The van der Waals surface area contributed by atoms with Crippen LogP contribution < -0.4 is 9.80 Å². The lowest BCUT2D eigenvalue weighted by Gasteiger charge is -2.34. The predicted molar refractivity (Wildman–Crippen MR) is 123 cm³/mol. The molecule has 2 aromatic heterocycles. The number of anilines is 2. The van der Waals surface area contributed by atoms with Gasteiger partial charge in [0, 0.05) is 26.2 Å². The molecule has 0 spiro atoms. The Labute approximate surface area is 181 Å². The Balaban J connectivity index is 1.37. The molecule has 4 nitrogen and oxygen atoms in total. The van der Waals surface area contributed by atoms with Gasteiger partial charge in [0.15, 0.2) is 10.3 Å². The molecule has 1 aliphatic heterocycles. The molecule has 28 heavy (non-hydrogen) atoms. The van der Waals surface area contributed by atoms with Crippen LogP contribution in [0.2, 0.25) is 10.0 Å². The fraction of sp³-hybridized carbons (Fsp3) is 0.300. The molecule has 0 saturated carbocycles. The third kappa shape index (κ3) is 3.12. The molecule has 4 aromatic rings. The zero-order valence-electron chi connectivity index (χ0n) is 15.5. The van der Waals surface area contributed by atoms with E-state index >= 15 is 0 Å². The maximum atomic E-state index is 6.33. The summed E-state index contributed by atoms with van der Waals surface area (Å²) in [4.78, 5) is 14.3. The molecular weight excluding hydrogens is 431 g/mol. The van der Waals surface area contributed by atoms with Crippen molar-refractivity contribution >= 4 is 76.6 Å². The number of hydrogen-bond donors (Lipinski definition) is 0. The molecule has 3 heterocycles. The van der Waals surface area contributed by atoms with Gasteiger partial charge in [-0.3, -0.25) is 0 Å². The van der Waals surface area contributed by atoms with Gasteiger partial charge in [-0.2, -0.15) is 0 Å². The average Bonchev–Trinajstić information content (AvgIpc) is 3.30. The summed E-state index contributed by atoms with van der Waals surface area (Å²) >= 11 is 16.0. The lowest BCUT2D eigenvalue weighted by atomic mass is 10.1. The van der Waals surface area contributed by atoms with E-state index in [9.17, 15) is 0 Å². The number of fused-ring (bicyclic) bond motifs is 2. The van der Waals surface area contributed by atoms with Crippen LogP contribution in [-0.2, 0) is 0 Å². The van der Waals surface area contributed by atoms with Crippen molar-refractivity contribution in [1.29, 1.82) is 0 Å². The predicted octanol–water partition coefficient (Wildman–Crippen LogP) is 6.16. The highest BCUT2D eigenvalue weighted by Gasteiger charge is 2.23. The minimum atomic E-state index is 0.653. The zero-order valence-corrected chi connectivity index (χ0v) is 18.6. The quantitative estimate of drug-likeness (QED) is 0.367. The molecule has 2 aromatic carbocycles. The molecule has 0 atom stereocenters. The molecule has 1 aliphatic rings. The highest BCUT2D eigenvalue weighted by molar-refractivity contribution is 7.23. The second kappa shape index (κ2) is 7.02. The molecule has 8 heteroatoms. The van der Waals surface area contributed by atoms with Gasteiger partial charge < -0.3 is 9.80 Å². The summed E-state index contributed by atoms with van der Waals surface area (Å²) in [6.07, 6.45) is 0. The fourth-order valence-electron chi connectivity index (χ4n) is 3.66. The minimum Gasteiger partial charge on any atom is -0.345 e. The normalized spacial score (nSPS) is 15.1. The van der Waals surface area contributed by atoms with Crippen molar-refractivity contribution in [2.75, 3.05) is 36.0 Å². The van der Waals surface area contributed by atoms with Crippen molar-refractivity contribution in [3.05, 3.63) is 45.4 Å². The number of thiazole rings is 2. The largest absolute Gasteiger partial charge is 0.345 e. The van der Waals surface area contributed by atoms with E-state index in [1.165, 1.54) is 15.8 Å². The van der Waals surface area contributed by atoms with Gasteiger partial charge in [-0.15, -0.1) is 0 Å². The van der Waals surface area contributed by atoms with Gasteiger partial charge in [-0.1, -0.05) is 51.9 Å². The molecule has 5 rings (SSSR count). The van der Waals surface area contributed by atoms with E-state index < -0.39 is 0 Å². The van der Waals surface area contributed by atoms with Crippen LogP contribution in [0.5, 0.6) is 0 Å². The fourth-order valence-corrected chi connectivity index (χ4v) is 6.30. The summed E-state index contributed by atoms with van der Waals surface area (Å²) in [6, 6.07) is 8.05. The number of benzene rings is 2. The monoisotopic (exact) mass is 448 g/mol. The summed E-state index contributed by atoms with van der Waals surface area (Å²) in [6.45, 7) is 7.95. The van der Waals surface area contributed by atoms with Gasteiger partial charge >= 0.3 is 0 Å². The lowest BCUT2D eigenvalue weighted by molar-refractivity contribution is 0.651. The molecule has 144 valence electrons. The first-order valence-electron chi connectivity index (χ1n) is 9.12. The lowest BCUT2D eigenvalue weighted by Crippen LogP contribution is -2.46. The molecular formula is C20H18Cl2N4S2. The Morgan fingerprint density at radius 2 is 1.43 bits per heavy atom. The molecule has 0 radical (unpaired) electrons. The van der Waals surface area contributed by atoms with Gasteiger partial charge in [0.05, 0.1) is 25.0 Å². The molecule has 0 bridgehead atoms. The van der Waals surface area contributed by atoms with Gasteiger partial charge in [-0.25, -0.2) is 9.97 Å². The molecule has 1 saturated heterocycles. The van der Waals surface area contributed by atoms with Crippen LogP contribution in [0.15, 0.2) is 24.3 Å². The van der Waals surface area contributed by atoms with E-state index in [2.05, 4.69) is 35.8 Å². The first-order chi connectivity index (χ1) is 13.5. The van der Waals surface area contributed by atoms with Crippen LogP contribution in [0.4, 0.5) is 10.3 Å². The summed E-state index contributed by atoms with van der Waals surface area (Å²) < 4.78 is 2.25. The van der Waals surface area contributed by atoms with Gasteiger partial charge in [0.2, 0.25) is 0 Å². The van der Waals surface area contributed by atoms with Gasteiger partial charge in [0.1, 0.15) is 5.52 Å². The van der Waals surface area contributed by atoms with Crippen molar-refractivity contribution < 1.29 is 0 Å². The van der Waals surface area contributed by atoms with Gasteiger partial charge in [0.25, 0.3) is 0 Å². The van der Waals surface area contributed by atoms with E-state index in [1.54, 1.807) is 22.7 Å². The molecule has 0 amide bonds. The van der Waals surface area contributed by atoms with Crippen molar-refractivity contribution in [3.63, 3.8) is 0 Å². The Hall–Kier alpha value is -1.60. The first kappa shape index (κ1) is 18.4. The molecule has 0 aliphatic carbocycles. The van der Waals surface area contributed by atoms with E-state index in [-0.39, 0.29) is 0 Å². The van der Waals surface area contributed by atoms with Crippen LogP contribution in [0.3, 0.4) is 0 Å². The minimum absolute atomic E-state index is 0.653. The van der Waals surface area contributed by atoms with Crippen molar-refractivity contribution in [2.45, 2.75) is 13.8 Å². The van der Waals surface area contributed by atoms with Crippen LogP contribution in [0.1, 0.15) is 11.1 Å². The van der Waals surface area contributed by atoms with Crippen LogP contribution >= 0.6 is 45.9 Å². The number of piperazine rings is 1. The third-order valence-corrected chi connectivity index (χ3v) is 8.21. The molecule has 0 unspecified atom stereocenters. The van der Waals surface area contributed by atoms with Crippen molar-refractivity contribution in [3.8, 4) is 0 Å². The smallest absolute Gasteiger partial charge is 0.186 e. The Kier molecular flexibility index (Phi) is 4.62. The summed E-state index contributed by atoms with van der Waals surface area (Å²) in [5, 5.41) is 3.46. The number of aryl methyl sites for hydroxylation is 2. The highest BCUT2D eigenvalue weighted by Crippen LogP contribution is 2.38. The highest BCUT2D eigenvalue weighted by atomic mass is 35.5. The van der Waals surface area contributed by atoms with E-state index in [1.807, 2.05) is 12.1 Å². The maximum absolute atomic E-state index is 6.33. The third-order valence-electron chi connectivity index (χ3n) is 5.06. The van der Waals surface area contributed by atoms with Crippen molar-refractivity contribution in [2.24, 2.45) is 0 Å². The number of aromatic nitrogens is 2. The average molecular weight is 449 g/mol. The molecule has 0 N–H and O–H groups in total. The summed E-state index contributed by atoms with van der Waals surface area (Å²) in [5.41, 5.74) is 4.48. The Bertz CT molecular complexity index is 1150. The van der Waals surface area contributed by atoms with E-state index in [0.29, 0.717) is 10.0 Å². The summed E-state index contributed by atoms with van der Waals surface area (Å²) in [7, 11) is 0. The Morgan fingerprint density at radius 1 is 0.821 bits per heavy atom. The number of halogens is 2. The van der Waals surface area contributed by atoms with E-state index in [4.69, 9.17) is 33.2 Å². The number of rotatable bonds is 2. The number of hydrogen-bond acceptors (Lipinski definition) is 6. The second-order valence-corrected chi connectivity index (χ2v) is 9.87. The van der Waals surface area contributed by atoms with Crippen LogP contribution in [-0.4, -0.2) is 36.1 Å². The Morgan fingerprint density at radius 3 is 2.11 bits per heavy atom. The van der Waals surface area contributed by atoms with Crippen molar-refractivity contribution in [1.82, 2.24) is 9.97 Å². The van der Waals surface area contributed by atoms with Crippen LogP contribution in [0.25, 0.3) is 20.4 Å².